The van der Waals surface area contributed by atoms with Gasteiger partial charge in [-0.1, -0.05) is 29.8 Å². The molecule has 1 fully saturated rings. The van der Waals surface area contributed by atoms with E-state index < -0.39 is 5.60 Å². The van der Waals surface area contributed by atoms with Crippen molar-refractivity contribution < 1.29 is 9.50 Å². The average Bonchev–Trinajstić information content (AvgIpc) is 2.34. The molecule has 0 atom stereocenters. The van der Waals surface area contributed by atoms with E-state index >= 15 is 0 Å². The van der Waals surface area contributed by atoms with Crippen LogP contribution < -0.4 is 0 Å². The molecule has 0 amide bonds. The Bertz CT molecular complexity index is 436. The molecule has 0 heterocycles. The molecule has 0 aliphatic heterocycles. The molecule has 19 heavy (non-hydrogen) atoms. The molecule has 1 aromatic carbocycles. The van der Waals surface area contributed by atoms with E-state index in [-0.39, 0.29) is 5.82 Å². The molecule has 3 heteroatoms. The smallest absolute Gasteiger partial charge is 0.126 e. The van der Waals surface area contributed by atoms with Gasteiger partial charge in [-0.3, -0.25) is 0 Å². The Morgan fingerprint density at radius 3 is 2.58 bits per heavy atom. The Morgan fingerprint density at radius 1 is 1.37 bits per heavy atom. The predicted molar refractivity (Wildman–Crippen MR) is 79.5 cm³/mol. The highest BCUT2D eigenvalue weighted by molar-refractivity contribution is 9.10. The molecule has 0 radical (unpaired) electrons. The van der Waals surface area contributed by atoms with E-state index in [2.05, 4.69) is 29.8 Å². The summed E-state index contributed by atoms with van der Waals surface area (Å²) in [5.41, 5.74) is -0.118. The van der Waals surface area contributed by atoms with Gasteiger partial charge < -0.3 is 5.11 Å². The van der Waals surface area contributed by atoms with Crippen molar-refractivity contribution in [2.75, 3.05) is 0 Å². The summed E-state index contributed by atoms with van der Waals surface area (Å²) >= 11 is 3.36. The van der Waals surface area contributed by atoms with Gasteiger partial charge >= 0.3 is 0 Å². The van der Waals surface area contributed by atoms with Gasteiger partial charge in [0.05, 0.1) is 5.60 Å². The highest BCUT2D eigenvalue weighted by atomic mass is 79.9. The molecule has 1 aliphatic carbocycles. The number of rotatable bonds is 3. The van der Waals surface area contributed by atoms with Crippen LogP contribution in [0.15, 0.2) is 22.7 Å². The zero-order chi connectivity index (χ0) is 14.0. The minimum Gasteiger partial charge on any atom is -0.390 e. The third-order valence-electron chi connectivity index (χ3n) is 4.43. The molecule has 1 aromatic rings. The van der Waals surface area contributed by atoms with Crippen LogP contribution in [0.2, 0.25) is 0 Å². The third kappa shape index (κ3) is 3.79. The normalized spacial score (nSPS) is 27.8. The SMILES string of the molecule is CC(C)C1CCC(O)(Cc2cc(Br)ccc2F)CC1. The quantitative estimate of drug-likeness (QED) is 0.852. The average molecular weight is 329 g/mol. The second-order valence-corrected chi connectivity index (χ2v) is 7.13. The fourth-order valence-corrected chi connectivity index (χ4v) is 3.46. The molecule has 1 saturated carbocycles. The Morgan fingerprint density at radius 2 is 2.00 bits per heavy atom. The highest BCUT2D eigenvalue weighted by Crippen LogP contribution is 2.38. The molecular formula is C16H22BrFO. The van der Waals surface area contributed by atoms with Crippen LogP contribution >= 0.6 is 15.9 Å². The molecule has 0 saturated heterocycles. The van der Waals surface area contributed by atoms with Crippen molar-refractivity contribution in [1.29, 1.82) is 0 Å². The van der Waals surface area contributed by atoms with Gasteiger partial charge in [-0.2, -0.15) is 0 Å². The first kappa shape index (κ1) is 15.0. The van der Waals surface area contributed by atoms with Gasteiger partial charge in [0.1, 0.15) is 5.82 Å². The van der Waals surface area contributed by atoms with Crippen LogP contribution in [0.5, 0.6) is 0 Å². The van der Waals surface area contributed by atoms with Gasteiger partial charge in [0.2, 0.25) is 0 Å². The van der Waals surface area contributed by atoms with Crippen LogP contribution in [0.3, 0.4) is 0 Å². The van der Waals surface area contributed by atoms with Crippen LogP contribution in [0.25, 0.3) is 0 Å². The van der Waals surface area contributed by atoms with Crippen LogP contribution in [-0.4, -0.2) is 10.7 Å². The van der Waals surface area contributed by atoms with Gasteiger partial charge in [-0.05, 0) is 61.3 Å². The zero-order valence-corrected chi connectivity index (χ0v) is 13.2. The van der Waals surface area contributed by atoms with E-state index in [0.717, 1.165) is 30.2 Å². The van der Waals surface area contributed by atoms with Crippen LogP contribution in [0.1, 0.15) is 45.1 Å². The Kier molecular flexibility index (Phi) is 4.67. The summed E-state index contributed by atoms with van der Waals surface area (Å²) in [6.07, 6.45) is 4.07. The van der Waals surface area contributed by atoms with E-state index in [1.54, 1.807) is 12.1 Å². The van der Waals surface area contributed by atoms with Crippen molar-refractivity contribution in [3.05, 3.63) is 34.1 Å². The first-order valence-electron chi connectivity index (χ1n) is 7.06. The fourth-order valence-electron chi connectivity index (χ4n) is 3.05. The second kappa shape index (κ2) is 5.92. The van der Waals surface area contributed by atoms with E-state index in [1.807, 2.05) is 0 Å². The Balaban J connectivity index is 2.05. The van der Waals surface area contributed by atoms with Gasteiger partial charge in [0.25, 0.3) is 0 Å². The highest BCUT2D eigenvalue weighted by Gasteiger charge is 2.34. The maximum Gasteiger partial charge on any atom is 0.126 e. The van der Waals surface area contributed by atoms with Crippen molar-refractivity contribution in [1.82, 2.24) is 0 Å². The molecule has 0 aromatic heterocycles. The maximum atomic E-state index is 13.8. The summed E-state index contributed by atoms with van der Waals surface area (Å²) < 4.78 is 14.6. The summed E-state index contributed by atoms with van der Waals surface area (Å²) in [4.78, 5) is 0. The van der Waals surface area contributed by atoms with E-state index in [0.29, 0.717) is 23.8 Å². The van der Waals surface area contributed by atoms with Crippen molar-refractivity contribution in [2.45, 2.75) is 51.6 Å². The van der Waals surface area contributed by atoms with Gasteiger partial charge in [0.15, 0.2) is 0 Å². The topological polar surface area (TPSA) is 20.2 Å². The lowest BCUT2D eigenvalue weighted by Crippen LogP contribution is -2.37. The van der Waals surface area contributed by atoms with Crippen molar-refractivity contribution >= 4 is 15.9 Å². The Hall–Kier alpha value is -0.410. The van der Waals surface area contributed by atoms with Crippen molar-refractivity contribution in [2.24, 2.45) is 11.8 Å². The van der Waals surface area contributed by atoms with E-state index in [1.165, 1.54) is 6.07 Å². The van der Waals surface area contributed by atoms with Crippen LogP contribution in [0.4, 0.5) is 4.39 Å². The summed E-state index contributed by atoms with van der Waals surface area (Å²) in [5, 5.41) is 10.7. The predicted octanol–water partition coefficient (Wildman–Crippen LogP) is 4.71. The van der Waals surface area contributed by atoms with Gasteiger partial charge in [-0.15, -0.1) is 0 Å². The number of aliphatic hydroxyl groups is 1. The minimum atomic E-state index is -0.729. The number of hydrogen-bond donors (Lipinski definition) is 1. The van der Waals surface area contributed by atoms with Gasteiger partial charge in [0, 0.05) is 10.9 Å². The number of hydrogen-bond acceptors (Lipinski definition) is 1. The fraction of sp³-hybridized carbons (Fsp3) is 0.625. The summed E-state index contributed by atoms with van der Waals surface area (Å²) in [7, 11) is 0. The summed E-state index contributed by atoms with van der Waals surface area (Å²) in [6, 6.07) is 4.93. The van der Waals surface area contributed by atoms with Crippen molar-refractivity contribution in [3.63, 3.8) is 0 Å². The molecule has 1 nitrogen and oxygen atoms in total. The Labute approximate surface area is 123 Å². The van der Waals surface area contributed by atoms with E-state index in [4.69, 9.17) is 0 Å². The molecular weight excluding hydrogens is 307 g/mol. The molecule has 2 rings (SSSR count). The lowest BCUT2D eigenvalue weighted by Gasteiger charge is -2.37. The standard InChI is InChI=1S/C16H22BrFO/c1-11(2)12-5-7-16(19,8-6-12)10-13-9-14(17)3-4-15(13)18/h3-4,9,11-12,19H,5-8,10H2,1-2H3. The summed E-state index contributed by atoms with van der Waals surface area (Å²) in [5.74, 6) is 1.15. The van der Waals surface area contributed by atoms with Crippen LogP contribution in [-0.2, 0) is 6.42 Å². The molecule has 106 valence electrons. The van der Waals surface area contributed by atoms with Crippen LogP contribution in [0, 0.1) is 17.7 Å². The first-order chi connectivity index (χ1) is 8.89. The first-order valence-corrected chi connectivity index (χ1v) is 7.85. The molecule has 0 spiro atoms. The molecule has 1 aliphatic rings. The lowest BCUT2D eigenvalue weighted by molar-refractivity contribution is -0.0152. The zero-order valence-electron chi connectivity index (χ0n) is 11.6. The monoisotopic (exact) mass is 328 g/mol. The lowest BCUT2D eigenvalue weighted by atomic mass is 9.72. The van der Waals surface area contributed by atoms with E-state index in [9.17, 15) is 9.50 Å². The third-order valence-corrected chi connectivity index (χ3v) is 4.92. The number of halogens is 2. The van der Waals surface area contributed by atoms with Gasteiger partial charge in [-0.25, -0.2) is 4.39 Å². The second-order valence-electron chi connectivity index (χ2n) is 6.22. The maximum absolute atomic E-state index is 13.8. The summed E-state index contributed by atoms with van der Waals surface area (Å²) in [6.45, 7) is 4.48. The largest absolute Gasteiger partial charge is 0.390 e. The van der Waals surface area contributed by atoms with Crippen molar-refractivity contribution in [3.8, 4) is 0 Å². The molecule has 0 unspecified atom stereocenters. The molecule has 1 N–H and O–H groups in total. The molecule has 0 bridgehead atoms. The number of benzene rings is 1. The minimum absolute atomic E-state index is 0.220.